The van der Waals surface area contributed by atoms with Crippen molar-refractivity contribution in [3.05, 3.63) is 58.3 Å². The minimum Gasteiger partial charge on any atom is -0.476 e. The summed E-state index contributed by atoms with van der Waals surface area (Å²) < 4.78 is 1.40. The number of aromatic carboxylic acids is 1. The first-order valence-electron chi connectivity index (χ1n) is 6.12. The maximum atomic E-state index is 11.6. The van der Waals surface area contributed by atoms with Gasteiger partial charge in [-0.2, -0.15) is 5.10 Å². The van der Waals surface area contributed by atoms with E-state index < -0.39 is 17.1 Å². The van der Waals surface area contributed by atoms with Crippen LogP contribution in [0.3, 0.4) is 0 Å². The summed E-state index contributed by atoms with van der Waals surface area (Å²) in [5.74, 6) is -1.35. The smallest absolute Gasteiger partial charge is 0.360 e. The molecule has 7 heteroatoms. The molecule has 104 valence electrons. The van der Waals surface area contributed by atoms with Gasteiger partial charge in [0.05, 0.1) is 16.7 Å². The van der Waals surface area contributed by atoms with E-state index in [1.54, 1.807) is 37.5 Å². The topological polar surface area (TPSA) is 98.0 Å². The van der Waals surface area contributed by atoms with E-state index in [4.69, 9.17) is 5.11 Å². The van der Waals surface area contributed by atoms with E-state index in [-0.39, 0.29) is 0 Å². The van der Waals surface area contributed by atoms with Gasteiger partial charge in [-0.1, -0.05) is 0 Å². The van der Waals surface area contributed by atoms with Crippen LogP contribution in [0, 0.1) is 6.92 Å². The molecule has 2 aromatic heterocycles. The molecule has 2 heterocycles. The van der Waals surface area contributed by atoms with Gasteiger partial charge in [-0.05, 0) is 25.1 Å². The van der Waals surface area contributed by atoms with Gasteiger partial charge >= 0.3 is 5.97 Å². The molecule has 0 atom stereocenters. The summed E-state index contributed by atoms with van der Waals surface area (Å²) in [5, 5.41) is 12.9. The van der Waals surface area contributed by atoms with Crippen molar-refractivity contribution in [1.82, 2.24) is 19.7 Å². The average Bonchev–Trinajstić information content (AvgIpc) is 2.46. The molecule has 1 aromatic carbocycles. The van der Waals surface area contributed by atoms with Crippen LogP contribution in [-0.4, -0.2) is 30.8 Å². The largest absolute Gasteiger partial charge is 0.476 e. The Morgan fingerprint density at radius 1 is 1.14 bits per heavy atom. The lowest BCUT2D eigenvalue weighted by Gasteiger charge is -2.10. The van der Waals surface area contributed by atoms with Crippen LogP contribution >= 0.6 is 0 Å². The Morgan fingerprint density at radius 2 is 1.86 bits per heavy atom. The number of hydrogen-bond acceptors (Lipinski definition) is 5. The van der Waals surface area contributed by atoms with Crippen LogP contribution in [0.1, 0.15) is 16.2 Å². The van der Waals surface area contributed by atoms with E-state index in [1.165, 1.54) is 10.7 Å². The summed E-state index contributed by atoms with van der Waals surface area (Å²) >= 11 is 0. The average molecular weight is 282 g/mol. The predicted molar refractivity (Wildman–Crippen MR) is 74.6 cm³/mol. The zero-order chi connectivity index (χ0) is 15.0. The van der Waals surface area contributed by atoms with Gasteiger partial charge < -0.3 is 5.11 Å². The number of hydrogen-bond donors (Lipinski definition) is 1. The van der Waals surface area contributed by atoms with Gasteiger partial charge in [0.1, 0.15) is 0 Å². The Hall–Kier alpha value is -3.09. The second-order valence-electron chi connectivity index (χ2n) is 4.44. The van der Waals surface area contributed by atoms with Crippen molar-refractivity contribution < 1.29 is 9.90 Å². The highest BCUT2D eigenvalue weighted by Gasteiger charge is 2.14. The molecular weight excluding hydrogens is 272 g/mol. The van der Waals surface area contributed by atoms with E-state index in [0.29, 0.717) is 16.9 Å². The van der Waals surface area contributed by atoms with E-state index in [2.05, 4.69) is 15.1 Å². The number of aromatic nitrogens is 4. The van der Waals surface area contributed by atoms with Crippen molar-refractivity contribution in [2.75, 3.05) is 0 Å². The SMILES string of the molecule is Cc1cc(=O)c(C(=O)O)nn1-c1ccc2nccnc2c1. The molecule has 0 bridgehead atoms. The van der Waals surface area contributed by atoms with Crippen LogP contribution < -0.4 is 5.43 Å². The molecule has 3 aromatic rings. The number of benzene rings is 1. The van der Waals surface area contributed by atoms with Gasteiger partial charge in [-0.15, -0.1) is 0 Å². The van der Waals surface area contributed by atoms with Crippen molar-refractivity contribution in [1.29, 1.82) is 0 Å². The normalized spacial score (nSPS) is 10.7. The number of carboxylic acids is 1. The molecule has 21 heavy (non-hydrogen) atoms. The third kappa shape index (κ3) is 2.25. The van der Waals surface area contributed by atoms with Crippen LogP contribution in [0.15, 0.2) is 41.5 Å². The molecule has 0 saturated carbocycles. The molecule has 7 nitrogen and oxygen atoms in total. The van der Waals surface area contributed by atoms with Crippen LogP contribution in [0.5, 0.6) is 0 Å². The van der Waals surface area contributed by atoms with Crippen LogP contribution in [0.2, 0.25) is 0 Å². The summed E-state index contributed by atoms with van der Waals surface area (Å²) in [6.45, 7) is 1.68. The van der Waals surface area contributed by atoms with Crippen molar-refractivity contribution in [2.45, 2.75) is 6.92 Å². The zero-order valence-electron chi connectivity index (χ0n) is 11.0. The summed E-state index contributed by atoms with van der Waals surface area (Å²) in [7, 11) is 0. The van der Waals surface area contributed by atoms with E-state index >= 15 is 0 Å². The lowest BCUT2D eigenvalue weighted by molar-refractivity contribution is 0.0686. The Morgan fingerprint density at radius 3 is 2.57 bits per heavy atom. The minimum absolute atomic E-state index is 0.514. The van der Waals surface area contributed by atoms with Crippen LogP contribution in [0.25, 0.3) is 16.7 Å². The Labute approximate surface area is 118 Å². The maximum absolute atomic E-state index is 11.6. The third-order valence-corrected chi connectivity index (χ3v) is 3.01. The fourth-order valence-electron chi connectivity index (χ4n) is 2.04. The number of nitrogens with zero attached hydrogens (tertiary/aromatic N) is 4. The zero-order valence-corrected chi connectivity index (χ0v) is 11.0. The predicted octanol–water partition coefficient (Wildman–Crippen LogP) is 1.18. The molecule has 0 unspecified atom stereocenters. The van der Waals surface area contributed by atoms with Gasteiger partial charge in [-0.25, -0.2) is 9.48 Å². The maximum Gasteiger partial charge on any atom is 0.360 e. The van der Waals surface area contributed by atoms with Gasteiger partial charge in [0.2, 0.25) is 11.1 Å². The van der Waals surface area contributed by atoms with Gasteiger partial charge in [0.25, 0.3) is 0 Å². The van der Waals surface area contributed by atoms with E-state index in [9.17, 15) is 9.59 Å². The Kier molecular flexibility index (Phi) is 2.94. The highest BCUT2D eigenvalue weighted by Crippen LogP contribution is 2.15. The number of rotatable bonds is 2. The number of aryl methyl sites for hydroxylation is 1. The Bertz CT molecular complexity index is 917. The molecule has 0 aliphatic heterocycles. The second-order valence-corrected chi connectivity index (χ2v) is 4.44. The molecule has 0 aliphatic carbocycles. The number of fused-ring (bicyclic) bond motifs is 1. The highest BCUT2D eigenvalue weighted by molar-refractivity contribution is 5.85. The fourth-order valence-corrected chi connectivity index (χ4v) is 2.04. The molecule has 0 saturated heterocycles. The summed E-state index contributed by atoms with van der Waals surface area (Å²) in [6.07, 6.45) is 3.16. The van der Waals surface area contributed by atoms with Gasteiger partial charge in [0.15, 0.2) is 0 Å². The quantitative estimate of drug-likeness (QED) is 0.758. The highest BCUT2D eigenvalue weighted by atomic mass is 16.4. The molecule has 3 rings (SSSR count). The molecule has 0 aliphatic rings. The third-order valence-electron chi connectivity index (χ3n) is 3.01. The molecule has 0 fully saturated rings. The lowest BCUT2D eigenvalue weighted by Crippen LogP contribution is -2.22. The molecule has 0 amide bonds. The van der Waals surface area contributed by atoms with Crippen molar-refractivity contribution >= 4 is 17.0 Å². The van der Waals surface area contributed by atoms with Gasteiger partial charge in [0, 0.05) is 24.2 Å². The first kappa shape index (κ1) is 12.9. The van der Waals surface area contributed by atoms with Crippen molar-refractivity contribution in [2.24, 2.45) is 0 Å². The molecular formula is C14H10N4O3. The molecule has 0 spiro atoms. The van der Waals surface area contributed by atoms with Crippen LogP contribution in [0.4, 0.5) is 0 Å². The van der Waals surface area contributed by atoms with Gasteiger partial charge in [-0.3, -0.25) is 14.8 Å². The monoisotopic (exact) mass is 282 g/mol. The first-order chi connectivity index (χ1) is 10.1. The summed E-state index contributed by atoms with van der Waals surface area (Å²) in [4.78, 5) is 31.0. The first-order valence-corrected chi connectivity index (χ1v) is 6.12. The molecule has 0 radical (unpaired) electrons. The van der Waals surface area contributed by atoms with Crippen molar-refractivity contribution in [3.63, 3.8) is 0 Å². The summed E-state index contributed by atoms with van der Waals surface area (Å²) in [6, 6.07) is 6.49. The number of carboxylic acid groups (broad SMARTS) is 1. The lowest BCUT2D eigenvalue weighted by atomic mass is 10.2. The van der Waals surface area contributed by atoms with E-state index in [1.807, 2.05) is 0 Å². The fraction of sp³-hybridized carbons (Fsp3) is 0.0714. The molecule has 1 N–H and O–H groups in total. The van der Waals surface area contributed by atoms with Crippen molar-refractivity contribution in [3.8, 4) is 5.69 Å². The van der Waals surface area contributed by atoms with E-state index in [0.717, 1.165) is 5.52 Å². The Balaban J connectivity index is 2.24. The van der Waals surface area contributed by atoms with Crippen LogP contribution in [-0.2, 0) is 0 Å². The minimum atomic E-state index is -1.35. The standard InChI is InChI=1S/C14H10N4O3/c1-8-6-12(19)13(14(20)21)17-18(8)9-2-3-10-11(7-9)16-5-4-15-10/h2-7H,1H3,(H,20,21). The second kappa shape index (κ2) is 4.78. The summed E-state index contributed by atoms with van der Waals surface area (Å²) in [5.41, 5.74) is 1.40. The number of carbonyl (C=O) groups is 1.